The highest BCUT2D eigenvalue weighted by molar-refractivity contribution is 7.99. The first-order chi connectivity index (χ1) is 6.31. The standard InChI is InChI=1S/C7H9N5S/c1-2-3-13-7-9-5(8)4-6(10-7)12-11-4/h2-3H2,1H3,(H2,8,9,10,12). The van der Waals surface area contributed by atoms with Crippen LogP contribution in [0, 0.1) is 0 Å². The molecule has 0 saturated heterocycles. The minimum Gasteiger partial charge on any atom is -0.382 e. The molecule has 6 heteroatoms. The lowest BCUT2D eigenvalue weighted by Gasteiger charge is -2.09. The van der Waals surface area contributed by atoms with Crippen LogP contribution in [0.15, 0.2) is 15.4 Å². The molecule has 0 unspecified atom stereocenters. The van der Waals surface area contributed by atoms with E-state index in [-0.39, 0.29) is 0 Å². The molecule has 0 bridgehead atoms. The molecule has 0 radical (unpaired) electrons. The number of nitrogens with two attached hydrogens (primary N) is 1. The number of nitrogen functional groups attached to an aromatic ring is 1. The van der Waals surface area contributed by atoms with Crippen LogP contribution < -0.4 is 5.73 Å². The van der Waals surface area contributed by atoms with E-state index in [1.807, 2.05) is 0 Å². The highest BCUT2D eigenvalue weighted by Crippen LogP contribution is 2.40. The van der Waals surface area contributed by atoms with Gasteiger partial charge in [0, 0.05) is 5.75 Å². The van der Waals surface area contributed by atoms with Crippen molar-refractivity contribution in [1.82, 2.24) is 9.97 Å². The number of aromatic nitrogens is 2. The lowest BCUT2D eigenvalue weighted by molar-refractivity contribution is 0.916. The maximum absolute atomic E-state index is 5.63. The molecule has 0 atom stereocenters. The molecule has 1 aliphatic rings. The molecule has 5 nitrogen and oxygen atoms in total. The second-order valence-corrected chi connectivity index (χ2v) is 3.67. The molecule has 0 aliphatic carbocycles. The number of rotatable bonds is 3. The van der Waals surface area contributed by atoms with E-state index in [1.54, 1.807) is 11.8 Å². The molecule has 0 saturated carbocycles. The molecule has 0 aromatic carbocycles. The van der Waals surface area contributed by atoms with Gasteiger partial charge in [-0.15, -0.1) is 10.2 Å². The minimum absolute atomic E-state index is 0.429. The average Bonchev–Trinajstić information content (AvgIpc) is 2.05. The molecule has 0 fully saturated rings. The quantitative estimate of drug-likeness (QED) is 0.602. The summed E-state index contributed by atoms with van der Waals surface area (Å²) in [6, 6.07) is 0. The first-order valence-corrected chi connectivity index (χ1v) is 5.02. The Hall–Kier alpha value is -1.17. The largest absolute Gasteiger partial charge is 0.382 e. The smallest absolute Gasteiger partial charge is 0.208 e. The monoisotopic (exact) mass is 195 g/mol. The average molecular weight is 195 g/mol. The first kappa shape index (κ1) is 8.43. The zero-order valence-electron chi connectivity index (χ0n) is 7.19. The van der Waals surface area contributed by atoms with E-state index in [1.165, 1.54) is 0 Å². The fourth-order valence-electron chi connectivity index (χ4n) is 0.915. The molecule has 1 aliphatic heterocycles. The van der Waals surface area contributed by atoms with Crippen molar-refractivity contribution < 1.29 is 0 Å². The van der Waals surface area contributed by atoms with Gasteiger partial charge in [0.25, 0.3) is 0 Å². The number of hydrogen-bond acceptors (Lipinski definition) is 6. The third-order valence-electron chi connectivity index (χ3n) is 1.55. The van der Waals surface area contributed by atoms with Crippen LogP contribution in [0.25, 0.3) is 0 Å². The van der Waals surface area contributed by atoms with Crippen LogP contribution in [0.5, 0.6) is 0 Å². The number of fused-ring (bicyclic) bond motifs is 1. The van der Waals surface area contributed by atoms with Gasteiger partial charge in [-0.3, -0.25) is 0 Å². The van der Waals surface area contributed by atoms with Crippen LogP contribution in [0.2, 0.25) is 0 Å². The van der Waals surface area contributed by atoms with Crippen LogP contribution >= 0.6 is 11.8 Å². The molecular weight excluding hydrogens is 186 g/mol. The van der Waals surface area contributed by atoms with E-state index in [2.05, 4.69) is 27.1 Å². The summed E-state index contributed by atoms with van der Waals surface area (Å²) in [5.74, 6) is 2.04. The van der Waals surface area contributed by atoms with Gasteiger partial charge in [-0.1, -0.05) is 18.7 Å². The summed E-state index contributed by atoms with van der Waals surface area (Å²) < 4.78 is 0. The van der Waals surface area contributed by atoms with Gasteiger partial charge < -0.3 is 5.73 Å². The van der Waals surface area contributed by atoms with Crippen molar-refractivity contribution in [3.63, 3.8) is 0 Å². The third kappa shape index (κ3) is 1.49. The maximum atomic E-state index is 5.63. The van der Waals surface area contributed by atoms with Gasteiger partial charge in [-0.05, 0) is 6.42 Å². The Balaban J connectivity index is 2.21. The van der Waals surface area contributed by atoms with Crippen LogP contribution in [-0.4, -0.2) is 15.7 Å². The van der Waals surface area contributed by atoms with Crippen molar-refractivity contribution in [3.05, 3.63) is 0 Å². The van der Waals surface area contributed by atoms with Gasteiger partial charge in [0.15, 0.2) is 16.7 Å². The maximum Gasteiger partial charge on any atom is 0.208 e. The van der Waals surface area contributed by atoms with Crippen LogP contribution in [0.1, 0.15) is 13.3 Å². The minimum atomic E-state index is 0.429. The molecule has 13 heavy (non-hydrogen) atoms. The number of thioether (sulfide) groups is 1. The van der Waals surface area contributed by atoms with E-state index >= 15 is 0 Å². The highest BCUT2D eigenvalue weighted by atomic mass is 32.2. The Kier molecular flexibility index (Phi) is 2.13. The van der Waals surface area contributed by atoms with Crippen LogP contribution in [0.4, 0.5) is 17.3 Å². The molecule has 2 heterocycles. The predicted molar refractivity (Wildman–Crippen MR) is 51.6 cm³/mol. The second-order valence-electron chi connectivity index (χ2n) is 2.61. The van der Waals surface area contributed by atoms with Gasteiger partial charge in [-0.25, -0.2) is 4.98 Å². The Bertz CT molecular complexity index is 362. The zero-order chi connectivity index (χ0) is 9.26. The van der Waals surface area contributed by atoms with E-state index in [4.69, 9.17) is 5.73 Å². The van der Waals surface area contributed by atoms with Crippen molar-refractivity contribution in [2.75, 3.05) is 11.5 Å². The van der Waals surface area contributed by atoms with Gasteiger partial charge in [0.2, 0.25) is 5.82 Å². The van der Waals surface area contributed by atoms with E-state index in [0.717, 1.165) is 12.2 Å². The number of nitrogens with zero attached hydrogens (tertiary/aromatic N) is 4. The number of anilines is 1. The van der Waals surface area contributed by atoms with Crippen molar-refractivity contribution >= 4 is 29.1 Å². The highest BCUT2D eigenvalue weighted by Gasteiger charge is 2.17. The molecule has 0 amide bonds. The summed E-state index contributed by atoms with van der Waals surface area (Å²) in [6.45, 7) is 2.11. The van der Waals surface area contributed by atoms with Gasteiger partial charge in [-0.2, -0.15) is 4.98 Å². The second kappa shape index (κ2) is 3.29. The normalized spacial score (nSPS) is 12.4. The molecule has 1 aromatic rings. The topological polar surface area (TPSA) is 76.5 Å². The van der Waals surface area contributed by atoms with Gasteiger partial charge >= 0.3 is 0 Å². The Labute approximate surface area is 79.9 Å². The molecule has 2 N–H and O–H groups in total. The van der Waals surface area contributed by atoms with Gasteiger partial charge in [0.1, 0.15) is 0 Å². The Morgan fingerprint density at radius 1 is 1.31 bits per heavy atom. The lowest BCUT2D eigenvalue weighted by atomic mass is 10.4. The van der Waals surface area contributed by atoms with Crippen molar-refractivity contribution in [2.45, 2.75) is 18.5 Å². The number of hydrogen-bond donors (Lipinski definition) is 1. The molecule has 68 valence electrons. The summed E-state index contributed by atoms with van der Waals surface area (Å²) >= 11 is 1.59. The molecule has 2 rings (SSSR count). The third-order valence-corrected chi connectivity index (χ3v) is 2.61. The fraction of sp³-hybridized carbons (Fsp3) is 0.429. The first-order valence-electron chi connectivity index (χ1n) is 4.03. The van der Waals surface area contributed by atoms with Gasteiger partial charge in [0.05, 0.1) is 0 Å². The zero-order valence-corrected chi connectivity index (χ0v) is 8.01. The molecule has 1 aromatic heterocycles. The summed E-state index contributed by atoms with van der Waals surface area (Å²) in [7, 11) is 0. The summed E-state index contributed by atoms with van der Waals surface area (Å²) in [6.07, 6.45) is 1.09. The van der Waals surface area contributed by atoms with Crippen molar-refractivity contribution in [2.24, 2.45) is 10.2 Å². The number of azo groups is 1. The van der Waals surface area contributed by atoms with E-state index in [0.29, 0.717) is 22.5 Å². The fourth-order valence-corrected chi connectivity index (χ4v) is 1.62. The molecule has 0 spiro atoms. The van der Waals surface area contributed by atoms with Crippen molar-refractivity contribution in [1.29, 1.82) is 0 Å². The van der Waals surface area contributed by atoms with E-state index in [9.17, 15) is 0 Å². The summed E-state index contributed by atoms with van der Waals surface area (Å²) in [5.41, 5.74) is 6.25. The molecular formula is C7H9N5S. The van der Waals surface area contributed by atoms with Crippen molar-refractivity contribution in [3.8, 4) is 0 Å². The van der Waals surface area contributed by atoms with E-state index < -0.39 is 0 Å². The van der Waals surface area contributed by atoms with Crippen LogP contribution in [-0.2, 0) is 0 Å². The Morgan fingerprint density at radius 3 is 2.69 bits per heavy atom. The summed E-state index contributed by atoms with van der Waals surface area (Å²) in [4.78, 5) is 8.27. The summed E-state index contributed by atoms with van der Waals surface area (Å²) in [5, 5.41) is 8.15. The predicted octanol–water partition coefficient (Wildman–Crippen LogP) is 2.29. The van der Waals surface area contributed by atoms with Crippen LogP contribution in [0.3, 0.4) is 0 Å². The SMILES string of the molecule is CCCSc1nc(N)c2c(n1)N=N2. The lowest BCUT2D eigenvalue weighted by Crippen LogP contribution is -1.98. The Morgan fingerprint density at radius 2 is 2.15 bits per heavy atom.